The van der Waals surface area contributed by atoms with Crippen molar-refractivity contribution in [3.63, 3.8) is 0 Å². The zero-order valence-corrected chi connectivity index (χ0v) is 14.9. The lowest BCUT2D eigenvalue weighted by Crippen LogP contribution is -2.45. The Kier molecular flexibility index (Phi) is 5.33. The summed E-state index contributed by atoms with van der Waals surface area (Å²) in [4.78, 5) is 27.1. The number of carbonyl (C=O) groups excluding carboxylic acids is 2. The predicted molar refractivity (Wildman–Crippen MR) is 95.0 cm³/mol. The Hall–Kier alpha value is -2.33. The van der Waals surface area contributed by atoms with E-state index in [-0.39, 0.29) is 24.7 Å². The third-order valence-corrected chi connectivity index (χ3v) is 6.17. The Bertz CT molecular complexity index is 797. The van der Waals surface area contributed by atoms with Gasteiger partial charge in [-0.25, -0.2) is 18.0 Å². The maximum Gasteiger partial charge on any atom is 0.414 e. The van der Waals surface area contributed by atoms with Gasteiger partial charge >= 0.3 is 12.1 Å². The predicted octanol–water partition coefficient (Wildman–Crippen LogP) is 0.656. The van der Waals surface area contributed by atoms with E-state index in [2.05, 4.69) is 5.32 Å². The molecule has 0 spiro atoms. The number of nitrogens with zero attached hydrogens (tertiary/aromatic N) is 2. The first-order valence-electron chi connectivity index (χ1n) is 8.33. The SMILES string of the molecule is O=C1OCCN1c1cccc(NC(=O)N(CCO)[C@@H]2CCS(=O)(=O)C2)c1. The maximum absolute atomic E-state index is 12.6. The molecule has 2 fully saturated rings. The first-order valence-corrected chi connectivity index (χ1v) is 10.1. The van der Waals surface area contributed by atoms with E-state index in [1.54, 1.807) is 24.3 Å². The lowest BCUT2D eigenvalue weighted by molar-refractivity contribution is 0.169. The molecule has 9 nitrogen and oxygen atoms in total. The van der Waals surface area contributed by atoms with Crippen LogP contribution in [0.2, 0.25) is 0 Å². The van der Waals surface area contributed by atoms with Crippen LogP contribution in [-0.4, -0.2) is 74.4 Å². The van der Waals surface area contributed by atoms with E-state index in [4.69, 9.17) is 4.74 Å². The average molecular weight is 383 g/mol. The third kappa shape index (κ3) is 4.07. The number of aliphatic hydroxyl groups is 1. The molecule has 2 N–H and O–H groups in total. The van der Waals surface area contributed by atoms with E-state index in [0.29, 0.717) is 30.9 Å². The Morgan fingerprint density at radius 3 is 2.85 bits per heavy atom. The molecule has 2 heterocycles. The van der Waals surface area contributed by atoms with E-state index < -0.39 is 28.0 Å². The smallest absolute Gasteiger partial charge is 0.414 e. The van der Waals surface area contributed by atoms with Crippen molar-refractivity contribution in [2.24, 2.45) is 0 Å². The van der Waals surface area contributed by atoms with Crippen molar-refractivity contribution in [1.82, 2.24) is 4.90 Å². The normalized spacial score (nSPS) is 21.5. The van der Waals surface area contributed by atoms with Gasteiger partial charge in [0.2, 0.25) is 0 Å². The minimum atomic E-state index is -3.15. The molecule has 0 unspecified atom stereocenters. The largest absolute Gasteiger partial charge is 0.447 e. The molecule has 2 saturated heterocycles. The first-order chi connectivity index (χ1) is 12.4. The van der Waals surface area contributed by atoms with Gasteiger partial charge in [-0.05, 0) is 24.6 Å². The van der Waals surface area contributed by atoms with Crippen LogP contribution in [0.1, 0.15) is 6.42 Å². The molecule has 0 aliphatic carbocycles. The Labute approximate surface area is 151 Å². The lowest BCUT2D eigenvalue weighted by Gasteiger charge is -2.27. The molecule has 0 bridgehead atoms. The zero-order chi connectivity index (χ0) is 18.7. The summed E-state index contributed by atoms with van der Waals surface area (Å²) >= 11 is 0. The maximum atomic E-state index is 12.6. The average Bonchev–Trinajstić information content (AvgIpc) is 3.18. The molecule has 0 saturated carbocycles. The molecule has 0 aromatic heterocycles. The summed E-state index contributed by atoms with van der Waals surface area (Å²) in [5.41, 5.74) is 1.07. The van der Waals surface area contributed by atoms with Crippen molar-refractivity contribution in [3.8, 4) is 0 Å². The van der Waals surface area contributed by atoms with E-state index in [1.807, 2.05) is 0 Å². The van der Waals surface area contributed by atoms with Gasteiger partial charge in [0.25, 0.3) is 0 Å². The van der Waals surface area contributed by atoms with Gasteiger partial charge in [0.15, 0.2) is 9.84 Å². The van der Waals surface area contributed by atoms with Crippen molar-refractivity contribution in [3.05, 3.63) is 24.3 Å². The molecule has 26 heavy (non-hydrogen) atoms. The van der Waals surface area contributed by atoms with E-state index in [0.717, 1.165) is 0 Å². The monoisotopic (exact) mass is 383 g/mol. The molecule has 0 radical (unpaired) electrons. The number of aliphatic hydroxyl groups excluding tert-OH is 1. The fraction of sp³-hybridized carbons (Fsp3) is 0.500. The molecule has 3 rings (SSSR count). The molecule has 1 aromatic carbocycles. The molecular formula is C16H21N3O6S. The number of sulfone groups is 1. The second-order valence-electron chi connectivity index (χ2n) is 6.22. The van der Waals surface area contributed by atoms with E-state index in [1.165, 1.54) is 9.80 Å². The molecule has 1 atom stereocenters. The van der Waals surface area contributed by atoms with Crippen LogP contribution in [0, 0.1) is 0 Å². The number of rotatable bonds is 5. The van der Waals surface area contributed by atoms with Gasteiger partial charge in [-0.3, -0.25) is 4.90 Å². The summed E-state index contributed by atoms with van der Waals surface area (Å²) in [7, 11) is -3.15. The fourth-order valence-corrected chi connectivity index (χ4v) is 4.88. The zero-order valence-electron chi connectivity index (χ0n) is 14.1. The second kappa shape index (κ2) is 7.50. The number of hydrogen-bond donors (Lipinski definition) is 2. The molecular weight excluding hydrogens is 362 g/mol. The lowest BCUT2D eigenvalue weighted by atomic mass is 10.2. The van der Waals surface area contributed by atoms with Crippen LogP contribution < -0.4 is 10.2 Å². The van der Waals surface area contributed by atoms with E-state index in [9.17, 15) is 23.1 Å². The summed E-state index contributed by atoms with van der Waals surface area (Å²) in [5.74, 6) is -0.0560. The fourth-order valence-electron chi connectivity index (χ4n) is 3.15. The van der Waals surface area contributed by atoms with Gasteiger partial charge < -0.3 is 20.1 Å². The van der Waals surface area contributed by atoms with Crippen molar-refractivity contribution in [2.75, 3.05) is 48.0 Å². The summed E-state index contributed by atoms with van der Waals surface area (Å²) in [6, 6.07) is 5.81. The van der Waals surface area contributed by atoms with Gasteiger partial charge in [-0.2, -0.15) is 0 Å². The van der Waals surface area contributed by atoms with Crippen LogP contribution >= 0.6 is 0 Å². The van der Waals surface area contributed by atoms with Gasteiger partial charge in [0.05, 0.1) is 24.7 Å². The number of anilines is 2. The second-order valence-corrected chi connectivity index (χ2v) is 8.45. The van der Waals surface area contributed by atoms with Crippen molar-refractivity contribution in [1.29, 1.82) is 0 Å². The number of benzene rings is 1. The Morgan fingerprint density at radius 1 is 1.42 bits per heavy atom. The van der Waals surface area contributed by atoms with Gasteiger partial charge in [-0.15, -0.1) is 0 Å². The minimum Gasteiger partial charge on any atom is -0.447 e. The molecule has 1 aromatic rings. The standard InChI is InChI=1S/C16H21N3O6S/c20-7-5-18(14-4-9-26(23,24)11-14)15(21)17-12-2-1-3-13(10-12)19-6-8-25-16(19)22/h1-3,10,14,20H,4-9,11H2,(H,17,21)/t14-/m1/s1. The van der Waals surface area contributed by atoms with E-state index >= 15 is 0 Å². The van der Waals surface area contributed by atoms with Crippen molar-refractivity contribution >= 4 is 33.3 Å². The third-order valence-electron chi connectivity index (χ3n) is 4.42. The van der Waals surface area contributed by atoms with Crippen molar-refractivity contribution < 1.29 is 27.9 Å². The number of amides is 3. The number of ether oxygens (including phenoxy) is 1. The van der Waals surface area contributed by atoms with Crippen LogP contribution in [0.15, 0.2) is 24.3 Å². The number of cyclic esters (lactones) is 1. The highest BCUT2D eigenvalue weighted by molar-refractivity contribution is 7.91. The topological polar surface area (TPSA) is 116 Å². The highest BCUT2D eigenvalue weighted by atomic mass is 32.2. The van der Waals surface area contributed by atoms with Crippen molar-refractivity contribution in [2.45, 2.75) is 12.5 Å². The molecule has 10 heteroatoms. The van der Waals surface area contributed by atoms with Crippen LogP contribution in [-0.2, 0) is 14.6 Å². The highest BCUT2D eigenvalue weighted by Crippen LogP contribution is 2.24. The highest BCUT2D eigenvalue weighted by Gasteiger charge is 2.34. The molecule has 2 aliphatic rings. The molecule has 142 valence electrons. The Morgan fingerprint density at radius 2 is 2.23 bits per heavy atom. The molecule has 3 amide bonds. The summed E-state index contributed by atoms with van der Waals surface area (Å²) in [5, 5.41) is 11.9. The first kappa shape index (κ1) is 18.5. The number of carbonyl (C=O) groups is 2. The quantitative estimate of drug-likeness (QED) is 0.771. The van der Waals surface area contributed by atoms with Crippen LogP contribution in [0.4, 0.5) is 21.0 Å². The van der Waals surface area contributed by atoms with Gasteiger partial charge in [0, 0.05) is 24.0 Å². The summed E-state index contributed by atoms with van der Waals surface area (Å²) in [6.07, 6.45) is -0.0818. The number of nitrogens with one attached hydrogen (secondary N) is 1. The Balaban J connectivity index is 1.72. The minimum absolute atomic E-state index is 0.0411. The number of urea groups is 1. The summed E-state index contributed by atoms with van der Waals surface area (Å²) < 4.78 is 28.3. The molecule has 2 aliphatic heterocycles. The number of hydrogen-bond acceptors (Lipinski definition) is 6. The summed E-state index contributed by atoms with van der Waals surface area (Å²) in [6.45, 7) is 0.538. The van der Waals surface area contributed by atoms with Crippen LogP contribution in [0.3, 0.4) is 0 Å². The van der Waals surface area contributed by atoms with Crippen LogP contribution in [0.25, 0.3) is 0 Å². The van der Waals surface area contributed by atoms with Gasteiger partial charge in [-0.1, -0.05) is 6.07 Å². The van der Waals surface area contributed by atoms with Gasteiger partial charge in [0.1, 0.15) is 6.61 Å². The van der Waals surface area contributed by atoms with Crippen LogP contribution in [0.5, 0.6) is 0 Å².